The van der Waals surface area contributed by atoms with Gasteiger partial charge < -0.3 is 20.9 Å². The zero-order valence-corrected chi connectivity index (χ0v) is 9.35. The molecule has 1 saturated heterocycles. The van der Waals surface area contributed by atoms with Gasteiger partial charge in [-0.2, -0.15) is 0 Å². The zero-order chi connectivity index (χ0) is 12.3. The highest BCUT2D eigenvalue weighted by molar-refractivity contribution is 5.92. The van der Waals surface area contributed by atoms with Crippen molar-refractivity contribution in [1.82, 2.24) is 4.98 Å². The first-order valence-electron chi connectivity index (χ1n) is 5.39. The number of nitrogens with one attached hydrogen (secondary N) is 1. The van der Waals surface area contributed by atoms with Crippen molar-refractivity contribution >= 4 is 11.7 Å². The molecule has 0 spiro atoms. The first kappa shape index (κ1) is 11.8. The summed E-state index contributed by atoms with van der Waals surface area (Å²) in [6.07, 6.45) is 2.01. The van der Waals surface area contributed by atoms with Crippen LogP contribution in [0.3, 0.4) is 0 Å². The second-order valence-electron chi connectivity index (χ2n) is 4.18. The highest BCUT2D eigenvalue weighted by Gasteiger charge is 2.31. The molecular weight excluding hydrogens is 222 g/mol. The van der Waals surface area contributed by atoms with Gasteiger partial charge in [0.15, 0.2) is 0 Å². The number of ether oxygens (including phenoxy) is 1. The van der Waals surface area contributed by atoms with Crippen LogP contribution in [0, 0.1) is 0 Å². The smallest absolute Gasteiger partial charge is 0.250 e. The number of hydrogen-bond donors (Lipinski definition) is 3. The van der Waals surface area contributed by atoms with E-state index in [1.165, 1.54) is 6.20 Å². The van der Waals surface area contributed by atoms with Crippen LogP contribution in [-0.4, -0.2) is 41.4 Å². The molecule has 0 aromatic carbocycles. The molecule has 0 saturated carbocycles. The van der Waals surface area contributed by atoms with Crippen molar-refractivity contribution in [2.45, 2.75) is 12.0 Å². The lowest BCUT2D eigenvalue weighted by molar-refractivity contribution is 0.0381. The van der Waals surface area contributed by atoms with E-state index < -0.39 is 11.5 Å². The van der Waals surface area contributed by atoms with E-state index >= 15 is 0 Å². The summed E-state index contributed by atoms with van der Waals surface area (Å²) in [5.41, 5.74) is 4.63. The Bertz CT molecular complexity index is 399. The lowest BCUT2D eigenvalue weighted by atomic mass is 10.0. The third-order valence-corrected chi connectivity index (χ3v) is 2.73. The molecule has 0 aliphatic carbocycles. The highest BCUT2D eigenvalue weighted by Crippen LogP contribution is 2.18. The van der Waals surface area contributed by atoms with E-state index in [2.05, 4.69) is 10.3 Å². The maximum absolute atomic E-state index is 10.8. The van der Waals surface area contributed by atoms with Crippen LogP contribution >= 0.6 is 0 Å². The Morgan fingerprint density at radius 2 is 2.47 bits per heavy atom. The number of carbonyl (C=O) groups excluding carboxylic acids is 1. The summed E-state index contributed by atoms with van der Waals surface area (Å²) in [5, 5.41) is 13.0. The third-order valence-electron chi connectivity index (χ3n) is 2.73. The van der Waals surface area contributed by atoms with Gasteiger partial charge in [-0.15, -0.1) is 0 Å². The van der Waals surface area contributed by atoms with Crippen LogP contribution in [0.1, 0.15) is 16.8 Å². The largest absolute Gasteiger partial charge is 0.386 e. The molecular formula is C11H15N3O3. The van der Waals surface area contributed by atoms with E-state index in [0.29, 0.717) is 37.6 Å². The average Bonchev–Trinajstić information content (AvgIpc) is 2.75. The summed E-state index contributed by atoms with van der Waals surface area (Å²) in [6.45, 7) is 1.28. The Hall–Kier alpha value is -1.66. The van der Waals surface area contributed by atoms with Crippen LogP contribution in [0.15, 0.2) is 18.3 Å². The molecule has 1 fully saturated rings. The van der Waals surface area contributed by atoms with E-state index in [0.717, 1.165) is 0 Å². The van der Waals surface area contributed by atoms with Crippen LogP contribution in [0.5, 0.6) is 0 Å². The van der Waals surface area contributed by atoms with Crippen molar-refractivity contribution in [3.8, 4) is 0 Å². The van der Waals surface area contributed by atoms with Crippen LogP contribution in [-0.2, 0) is 4.74 Å². The second-order valence-corrected chi connectivity index (χ2v) is 4.18. The minimum absolute atomic E-state index is 0.333. The Morgan fingerprint density at radius 3 is 3.00 bits per heavy atom. The quantitative estimate of drug-likeness (QED) is 0.670. The highest BCUT2D eigenvalue weighted by atomic mass is 16.5. The Morgan fingerprint density at radius 1 is 1.65 bits per heavy atom. The van der Waals surface area contributed by atoms with Crippen molar-refractivity contribution in [2.24, 2.45) is 5.73 Å². The molecule has 1 amide bonds. The molecule has 1 aliphatic rings. The lowest BCUT2D eigenvalue weighted by Crippen LogP contribution is -2.37. The van der Waals surface area contributed by atoms with E-state index in [9.17, 15) is 9.90 Å². The number of amides is 1. The van der Waals surface area contributed by atoms with Gasteiger partial charge in [0.1, 0.15) is 11.4 Å². The molecule has 92 valence electrons. The van der Waals surface area contributed by atoms with Crippen molar-refractivity contribution in [1.29, 1.82) is 0 Å². The van der Waals surface area contributed by atoms with Gasteiger partial charge in [-0.1, -0.05) is 0 Å². The number of pyridine rings is 1. The third kappa shape index (κ3) is 2.92. The molecule has 1 aromatic heterocycles. The molecule has 2 heterocycles. The predicted octanol–water partition coefficient (Wildman–Crippen LogP) is -0.256. The molecule has 6 nitrogen and oxygen atoms in total. The molecule has 1 aromatic rings. The summed E-state index contributed by atoms with van der Waals surface area (Å²) in [7, 11) is 0. The SMILES string of the molecule is NC(=O)c1ccc(NCC2(O)CCOC2)nc1. The number of aromatic nitrogens is 1. The molecule has 1 aliphatic heterocycles. The number of rotatable bonds is 4. The maximum atomic E-state index is 10.8. The van der Waals surface area contributed by atoms with Gasteiger partial charge in [0, 0.05) is 25.8 Å². The Labute approximate surface area is 98.8 Å². The zero-order valence-electron chi connectivity index (χ0n) is 9.35. The standard InChI is InChI=1S/C11H15N3O3/c12-10(15)8-1-2-9(13-5-8)14-6-11(16)3-4-17-7-11/h1-2,5,16H,3-4,6-7H2,(H2,12,15)(H,13,14). The van der Waals surface area contributed by atoms with E-state index in [-0.39, 0.29) is 0 Å². The fraction of sp³-hybridized carbons (Fsp3) is 0.455. The predicted molar refractivity (Wildman–Crippen MR) is 61.6 cm³/mol. The van der Waals surface area contributed by atoms with Crippen molar-refractivity contribution in [2.75, 3.05) is 25.1 Å². The Kier molecular flexibility index (Phi) is 3.26. The average molecular weight is 237 g/mol. The van der Waals surface area contributed by atoms with Gasteiger partial charge in [-0.05, 0) is 12.1 Å². The maximum Gasteiger partial charge on any atom is 0.250 e. The summed E-state index contributed by atoms with van der Waals surface area (Å²) in [5.74, 6) is 0.0854. The van der Waals surface area contributed by atoms with Gasteiger partial charge in [-0.3, -0.25) is 4.79 Å². The van der Waals surface area contributed by atoms with E-state index in [1.54, 1.807) is 12.1 Å². The topological polar surface area (TPSA) is 97.5 Å². The second kappa shape index (κ2) is 4.68. The monoisotopic (exact) mass is 237 g/mol. The fourth-order valence-electron chi connectivity index (χ4n) is 1.64. The van der Waals surface area contributed by atoms with Crippen LogP contribution in [0.4, 0.5) is 5.82 Å². The number of nitrogens with zero attached hydrogens (tertiary/aromatic N) is 1. The van der Waals surface area contributed by atoms with Crippen LogP contribution < -0.4 is 11.1 Å². The first-order valence-corrected chi connectivity index (χ1v) is 5.39. The summed E-state index contributed by atoms with van der Waals surface area (Å²) >= 11 is 0. The molecule has 17 heavy (non-hydrogen) atoms. The molecule has 4 N–H and O–H groups in total. The molecule has 1 unspecified atom stereocenters. The van der Waals surface area contributed by atoms with Gasteiger partial charge >= 0.3 is 0 Å². The van der Waals surface area contributed by atoms with Gasteiger partial charge in [0.2, 0.25) is 5.91 Å². The molecule has 0 bridgehead atoms. The molecule has 6 heteroatoms. The van der Waals surface area contributed by atoms with Gasteiger partial charge in [0.25, 0.3) is 0 Å². The van der Waals surface area contributed by atoms with Crippen LogP contribution in [0.25, 0.3) is 0 Å². The van der Waals surface area contributed by atoms with E-state index in [1.807, 2.05) is 0 Å². The van der Waals surface area contributed by atoms with Gasteiger partial charge in [-0.25, -0.2) is 4.98 Å². The summed E-state index contributed by atoms with van der Waals surface area (Å²) in [6, 6.07) is 3.24. The van der Waals surface area contributed by atoms with Crippen LogP contribution in [0.2, 0.25) is 0 Å². The van der Waals surface area contributed by atoms with Crippen molar-refractivity contribution in [3.63, 3.8) is 0 Å². The number of aliphatic hydroxyl groups is 1. The molecule has 2 rings (SSSR count). The summed E-state index contributed by atoms with van der Waals surface area (Å²) < 4.78 is 5.13. The minimum Gasteiger partial charge on any atom is -0.386 e. The van der Waals surface area contributed by atoms with Crippen molar-refractivity contribution in [3.05, 3.63) is 23.9 Å². The fourth-order valence-corrected chi connectivity index (χ4v) is 1.64. The lowest BCUT2D eigenvalue weighted by Gasteiger charge is -2.20. The number of primary amides is 1. The number of hydrogen-bond acceptors (Lipinski definition) is 5. The minimum atomic E-state index is -0.829. The number of carbonyl (C=O) groups is 1. The number of anilines is 1. The first-order chi connectivity index (χ1) is 8.09. The van der Waals surface area contributed by atoms with Gasteiger partial charge in [0.05, 0.1) is 12.2 Å². The van der Waals surface area contributed by atoms with E-state index in [4.69, 9.17) is 10.5 Å². The Balaban J connectivity index is 1.93. The summed E-state index contributed by atoms with van der Waals surface area (Å²) in [4.78, 5) is 14.9. The number of nitrogens with two attached hydrogens (primary N) is 1. The normalized spacial score (nSPS) is 23.6. The molecule has 0 radical (unpaired) electrons. The molecule has 1 atom stereocenters. The van der Waals surface area contributed by atoms with Crippen molar-refractivity contribution < 1.29 is 14.6 Å².